The Bertz CT molecular complexity index is 1580. The number of fused-ring (bicyclic) bond motifs is 1. The van der Waals surface area contributed by atoms with Gasteiger partial charge in [-0.25, -0.2) is 18.4 Å². The summed E-state index contributed by atoms with van der Waals surface area (Å²) in [6.45, 7) is 5.11. The fraction of sp³-hybridized carbons (Fsp3) is 0.394. The van der Waals surface area contributed by atoms with Gasteiger partial charge in [-0.3, -0.25) is 0 Å². The maximum Gasteiger partial charge on any atom is 0.243 e. The third-order valence-corrected chi connectivity index (χ3v) is 10.5. The van der Waals surface area contributed by atoms with E-state index in [9.17, 15) is 8.42 Å². The summed E-state index contributed by atoms with van der Waals surface area (Å²) in [5.74, 6) is 3.24. The van der Waals surface area contributed by atoms with Gasteiger partial charge in [0.05, 0.1) is 17.5 Å². The van der Waals surface area contributed by atoms with Gasteiger partial charge in [-0.1, -0.05) is 42.5 Å². The van der Waals surface area contributed by atoms with Gasteiger partial charge < -0.3 is 14.5 Å². The standard InChI is InChI=1S/C33H39N5O3S/c1-41-28-11-13-29(14-12-28)42(39,40)38-23-21-36(22-24-38)18-17-32-34-31-10-6-5-9-30(31)33(35-32)37-19-15-27(16-20-37)25-26-7-3-2-4-8-26/h2-14,27H,15-25H2,1H3. The first kappa shape index (κ1) is 28.6. The molecular formula is C33H39N5O3S. The maximum atomic E-state index is 13.1. The van der Waals surface area contributed by atoms with Crippen molar-refractivity contribution >= 4 is 26.7 Å². The van der Waals surface area contributed by atoms with E-state index in [0.29, 0.717) is 42.7 Å². The lowest BCUT2D eigenvalue weighted by molar-refractivity contribution is 0.189. The van der Waals surface area contributed by atoms with Gasteiger partial charge in [0, 0.05) is 57.6 Å². The molecule has 42 heavy (non-hydrogen) atoms. The number of ether oxygens (including phenoxy) is 1. The van der Waals surface area contributed by atoms with Crippen LogP contribution in [0.5, 0.6) is 5.75 Å². The Kier molecular flexibility index (Phi) is 8.69. The smallest absolute Gasteiger partial charge is 0.243 e. The lowest BCUT2D eigenvalue weighted by Crippen LogP contribution is -2.49. The summed E-state index contributed by atoms with van der Waals surface area (Å²) < 4.78 is 33.0. The van der Waals surface area contributed by atoms with Crippen molar-refractivity contribution in [3.05, 3.63) is 90.3 Å². The molecule has 3 heterocycles. The van der Waals surface area contributed by atoms with Gasteiger partial charge in [0.1, 0.15) is 17.4 Å². The lowest BCUT2D eigenvalue weighted by atomic mass is 9.90. The summed E-state index contributed by atoms with van der Waals surface area (Å²) >= 11 is 0. The zero-order chi connectivity index (χ0) is 28.9. The van der Waals surface area contributed by atoms with E-state index < -0.39 is 10.0 Å². The molecule has 0 unspecified atom stereocenters. The van der Waals surface area contributed by atoms with Crippen molar-refractivity contribution in [1.29, 1.82) is 0 Å². The number of para-hydroxylation sites is 1. The largest absolute Gasteiger partial charge is 0.497 e. The van der Waals surface area contributed by atoms with Crippen LogP contribution in [0, 0.1) is 5.92 Å². The molecular weight excluding hydrogens is 546 g/mol. The average Bonchev–Trinajstić information content (AvgIpc) is 3.04. The van der Waals surface area contributed by atoms with Crippen molar-refractivity contribution in [2.45, 2.75) is 30.6 Å². The zero-order valence-electron chi connectivity index (χ0n) is 24.2. The predicted molar refractivity (Wildman–Crippen MR) is 167 cm³/mol. The summed E-state index contributed by atoms with van der Waals surface area (Å²) in [5.41, 5.74) is 2.41. The minimum atomic E-state index is -3.52. The minimum absolute atomic E-state index is 0.304. The number of anilines is 1. The van der Waals surface area contributed by atoms with Gasteiger partial charge in [-0.05, 0) is 67.1 Å². The second-order valence-electron chi connectivity index (χ2n) is 11.3. The molecule has 2 fully saturated rings. The van der Waals surface area contributed by atoms with Crippen LogP contribution in [0.2, 0.25) is 0 Å². The number of hydrogen-bond acceptors (Lipinski definition) is 7. The van der Waals surface area contributed by atoms with Crippen LogP contribution in [0.1, 0.15) is 24.2 Å². The maximum absolute atomic E-state index is 13.1. The number of nitrogens with zero attached hydrogens (tertiary/aromatic N) is 5. The number of hydrogen-bond donors (Lipinski definition) is 0. The zero-order valence-corrected chi connectivity index (χ0v) is 25.0. The summed E-state index contributed by atoms with van der Waals surface area (Å²) in [7, 11) is -1.95. The molecule has 2 saturated heterocycles. The van der Waals surface area contributed by atoms with Gasteiger partial charge in [-0.15, -0.1) is 0 Å². The Morgan fingerprint density at radius 1 is 0.810 bits per heavy atom. The Balaban J connectivity index is 1.07. The van der Waals surface area contributed by atoms with Gasteiger partial charge in [0.15, 0.2) is 0 Å². The number of benzene rings is 3. The highest BCUT2D eigenvalue weighted by Crippen LogP contribution is 2.30. The molecule has 0 N–H and O–H groups in total. The van der Waals surface area contributed by atoms with Crippen LogP contribution >= 0.6 is 0 Å². The van der Waals surface area contributed by atoms with Gasteiger partial charge in [0.25, 0.3) is 0 Å². The molecule has 0 atom stereocenters. The van der Waals surface area contributed by atoms with E-state index in [1.54, 1.807) is 35.7 Å². The molecule has 1 aromatic heterocycles. The first-order chi connectivity index (χ1) is 20.5. The molecule has 0 bridgehead atoms. The number of sulfonamides is 1. The Hall–Kier alpha value is -3.53. The molecule has 0 radical (unpaired) electrons. The molecule has 3 aromatic carbocycles. The van der Waals surface area contributed by atoms with Gasteiger partial charge >= 0.3 is 0 Å². The van der Waals surface area contributed by atoms with Crippen LogP contribution in [-0.2, 0) is 22.9 Å². The summed E-state index contributed by atoms with van der Waals surface area (Å²) in [4.78, 5) is 15.1. The van der Waals surface area contributed by atoms with Crippen molar-refractivity contribution in [1.82, 2.24) is 19.2 Å². The molecule has 0 saturated carbocycles. The molecule has 4 aromatic rings. The number of aromatic nitrogens is 2. The topological polar surface area (TPSA) is 78.9 Å². The first-order valence-electron chi connectivity index (χ1n) is 14.9. The van der Waals surface area contributed by atoms with Gasteiger partial charge in [-0.2, -0.15) is 4.31 Å². The van der Waals surface area contributed by atoms with E-state index >= 15 is 0 Å². The number of piperidine rings is 1. The molecule has 2 aliphatic heterocycles. The van der Waals surface area contributed by atoms with E-state index in [1.165, 1.54) is 5.56 Å². The normalized spacial score (nSPS) is 17.5. The van der Waals surface area contributed by atoms with E-state index in [4.69, 9.17) is 14.7 Å². The molecule has 0 spiro atoms. The van der Waals surface area contributed by atoms with E-state index in [2.05, 4.69) is 58.3 Å². The Morgan fingerprint density at radius 3 is 2.21 bits per heavy atom. The van der Waals surface area contributed by atoms with E-state index in [0.717, 1.165) is 67.9 Å². The second-order valence-corrected chi connectivity index (χ2v) is 13.2. The van der Waals surface area contributed by atoms with Crippen molar-refractivity contribution in [3.8, 4) is 5.75 Å². The highest BCUT2D eigenvalue weighted by Gasteiger charge is 2.29. The predicted octanol–water partition coefficient (Wildman–Crippen LogP) is 4.65. The molecule has 6 rings (SSSR count). The Morgan fingerprint density at radius 2 is 1.50 bits per heavy atom. The van der Waals surface area contributed by atoms with Crippen molar-refractivity contribution < 1.29 is 13.2 Å². The average molecular weight is 586 g/mol. The van der Waals surface area contributed by atoms with Crippen LogP contribution < -0.4 is 9.64 Å². The molecule has 2 aliphatic rings. The molecule has 0 aliphatic carbocycles. The van der Waals surface area contributed by atoms with E-state index in [-0.39, 0.29) is 0 Å². The van der Waals surface area contributed by atoms with Crippen LogP contribution in [0.4, 0.5) is 5.82 Å². The Labute approximate surface area is 249 Å². The van der Waals surface area contributed by atoms with Crippen molar-refractivity contribution in [2.75, 3.05) is 57.8 Å². The fourth-order valence-corrected chi connectivity index (χ4v) is 7.53. The number of methoxy groups -OCH3 is 1. The third-order valence-electron chi connectivity index (χ3n) is 8.59. The summed E-state index contributed by atoms with van der Waals surface area (Å²) in [6, 6.07) is 25.7. The summed E-state index contributed by atoms with van der Waals surface area (Å²) in [6.07, 6.45) is 4.19. The monoisotopic (exact) mass is 585 g/mol. The molecule has 0 amide bonds. The van der Waals surface area contributed by atoms with Crippen molar-refractivity contribution in [2.24, 2.45) is 5.92 Å². The van der Waals surface area contributed by atoms with Crippen LogP contribution in [0.3, 0.4) is 0 Å². The van der Waals surface area contributed by atoms with Crippen LogP contribution in [0.25, 0.3) is 10.9 Å². The first-order valence-corrected chi connectivity index (χ1v) is 16.3. The lowest BCUT2D eigenvalue weighted by Gasteiger charge is -2.34. The molecule has 8 nitrogen and oxygen atoms in total. The third kappa shape index (κ3) is 6.43. The molecule has 220 valence electrons. The van der Waals surface area contributed by atoms with Crippen LogP contribution in [0.15, 0.2) is 83.8 Å². The quantitative estimate of drug-likeness (QED) is 0.283. The van der Waals surface area contributed by atoms with Gasteiger partial charge in [0.2, 0.25) is 10.0 Å². The van der Waals surface area contributed by atoms with Crippen LogP contribution in [-0.4, -0.2) is 80.5 Å². The van der Waals surface area contributed by atoms with E-state index in [1.807, 2.05) is 6.07 Å². The molecule has 9 heteroatoms. The minimum Gasteiger partial charge on any atom is -0.497 e. The number of piperazine rings is 1. The second kappa shape index (κ2) is 12.8. The highest BCUT2D eigenvalue weighted by molar-refractivity contribution is 7.89. The fourth-order valence-electron chi connectivity index (χ4n) is 6.10. The van der Waals surface area contributed by atoms with Crippen molar-refractivity contribution in [3.63, 3.8) is 0 Å². The SMILES string of the molecule is COc1ccc(S(=O)(=O)N2CCN(CCc3nc(N4CCC(Cc5ccccc5)CC4)c4ccccc4n3)CC2)cc1. The highest BCUT2D eigenvalue weighted by atomic mass is 32.2. The number of rotatable bonds is 9. The summed E-state index contributed by atoms with van der Waals surface area (Å²) in [5, 5.41) is 1.11.